The summed E-state index contributed by atoms with van der Waals surface area (Å²) in [4.78, 5) is 26.2. The van der Waals surface area contributed by atoms with E-state index < -0.39 is 12.0 Å². The highest BCUT2D eigenvalue weighted by atomic mass is 16.5. The summed E-state index contributed by atoms with van der Waals surface area (Å²) in [6.07, 6.45) is 0.599. The summed E-state index contributed by atoms with van der Waals surface area (Å²) in [7, 11) is 3.12. The number of aryl methyl sites for hydroxylation is 2. The van der Waals surface area contributed by atoms with Crippen molar-refractivity contribution in [3.05, 3.63) is 52.6 Å². The second kappa shape index (κ2) is 9.17. The van der Waals surface area contributed by atoms with E-state index >= 15 is 0 Å². The highest BCUT2D eigenvalue weighted by Gasteiger charge is 2.32. The average molecular weight is 412 g/mol. The third kappa shape index (κ3) is 4.74. The van der Waals surface area contributed by atoms with Crippen LogP contribution in [0, 0.1) is 13.8 Å². The zero-order valence-corrected chi connectivity index (χ0v) is 17.8. The lowest BCUT2D eigenvalue weighted by molar-refractivity contribution is -0.139. The monoisotopic (exact) mass is 412 g/mol. The van der Waals surface area contributed by atoms with Gasteiger partial charge in [0.1, 0.15) is 0 Å². The Balaban J connectivity index is 1.82. The van der Waals surface area contributed by atoms with Crippen LogP contribution in [0.15, 0.2) is 30.3 Å². The van der Waals surface area contributed by atoms with Gasteiger partial charge in [-0.1, -0.05) is 6.07 Å². The Kier molecular flexibility index (Phi) is 6.62. The van der Waals surface area contributed by atoms with Crippen LogP contribution in [0.1, 0.15) is 34.7 Å². The van der Waals surface area contributed by atoms with Crippen molar-refractivity contribution in [2.75, 3.05) is 32.6 Å². The third-order valence-corrected chi connectivity index (χ3v) is 5.62. The van der Waals surface area contributed by atoms with Crippen LogP contribution in [0.2, 0.25) is 0 Å². The van der Waals surface area contributed by atoms with Crippen LogP contribution in [0.25, 0.3) is 0 Å². The summed E-state index contributed by atoms with van der Waals surface area (Å²) in [6.45, 7) is 4.71. The first kappa shape index (κ1) is 21.6. The standard InChI is InChI=1S/C23H28N2O5/c1-14-5-6-17(9-15(14)2)24-22(26)13-25-8-7-16-10-20(29-3)21(30-4)11-18(16)19(25)12-23(27)28/h5-6,9-11,19H,7-8,12-13H2,1-4H3,(H,24,26)(H,27,28)/t19-/m1/s1. The number of carboxylic acid groups (broad SMARTS) is 1. The van der Waals surface area contributed by atoms with Crippen molar-refractivity contribution in [3.63, 3.8) is 0 Å². The highest BCUT2D eigenvalue weighted by Crippen LogP contribution is 2.39. The van der Waals surface area contributed by atoms with Gasteiger partial charge in [0, 0.05) is 18.3 Å². The maximum atomic E-state index is 12.7. The van der Waals surface area contributed by atoms with Gasteiger partial charge in [-0.05, 0) is 66.8 Å². The molecule has 0 spiro atoms. The summed E-state index contributed by atoms with van der Waals surface area (Å²) in [6, 6.07) is 9.08. The molecule has 7 heteroatoms. The number of ether oxygens (including phenoxy) is 2. The number of aliphatic carboxylic acids is 1. The number of anilines is 1. The lowest BCUT2D eigenvalue weighted by atomic mass is 9.90. The van der Waals surface area contributed by atoms with E-state index in [4.69, 9.17) is 9.47 Å². The van der Waals surface area contributed by atoms with Crippen LogP contribution >= 0.6 is 0 Å². The fraction of sp³-hybridized carbons (Fsp3) is 0.391. The van der Waals surface area contributed by atoms with Crippen molar-refractivity contribution in [2.24, 2.45) is 0 Å². The van der Waals surface area contributed by atoms with Crippen molar-refractivity contribution in [1.29, 1.82) is 0 Å². The normalized spacial score (nSPS) is 15.9. The summed E-state index contributed by atoms with van der Waals surface area (Å²) in [5, 5.41) is 12.4. The Labute approximate surface area is 176 Å². The van der Waals surface area contributed by atoms with Gasteiger partial charge >= 0.3 is 5.97 Å². The lowest BCUT2D eigenvalue weighted by Gasteiger charge is -2.36. The molecule has 1 aliphatic heterocycles. The number of benzene rings is 2. The number of rotatable bonds is 7. The van der Waals surface area contributed by atoms with Gasteiger partial charge in [-0.3, -0.25) is 14.5 Å². The first-order chi connectivity index (χ1) is 14.3. The third-order valence-electron chi connectivity index (χ3n) is 5.62. The van der Waals surface area contributed by atoms with E-state index in [-0.39, 0.29) is 18.9 Å². The van der Waals surface area contributed by atoms with Crippen molar-refractivity contribution >= 4 is 17.6 Å². The molecule has 0 aromatic heterocycles. The Morgan fingerprint density at radius 2 is 1.80 bits per heavy atom. The van der Waals surface area contributed by atoms with Crippen LogP contribution in [-0.2, 0) is 16.0 Å². The molecule has 0 bridgehead atoms. The number of carbonyl (C=O) groups excluding carboxylic acids is 1. The van der Waals surface area contributed by atoms with Gasteiger partial charge in [0.25, 0.3) is 0 Å². The van der Waals surface area contributed by atoms with Gasteiger partial charge in [-0.15, -0.1) is 0 Å². The number of nitrogens with zero attached hydrogens (tertiary/aromatic N) is 1. The van der Waals surface area contributed by atoms with E-state index in [0.717, 1.165) is 27.9 Å². The van der Waals surface area contributed by atoms with Gasteiger partial charge in [-0.2, -0.15) is 0 Å². The number of carbonyl (C=O) groups is 2. The highest BCUT2D eigenvalue weighted by molar-refractivity contribution is 5.92. The van der Waals surface area contributed by atoms with Crippen LogP contribution in [0.3, 0.4) is 0 Å². The fourth-order valence-corrected chi connectivity index (χ4v) is 3.88. The zero-order valence-electron chi connectivity index (χ0n) is 17.8. The van der Waals surface area contributed by atoms with Crippen molar-refractivity contribution in [3.8, 4) is 11.5 Å². The van der Waals surface area contributed by atoms with Crippen LogP contribution in [0.4, 0.5) is 5.69 Å². The van der Waals surface area contributed by atoms with Gasteiger partial charge in [0.15, 0.2) is 11.5 Å². The molecule has 1 heterocycles. The molecule has 160 valence electrons. The summed E-state index contributed by atoms with van der Waals surface area (Å²) >= 11 is 0. The first-order valence-electron chi connectivity index (χ1n) is 9.90. The van der Waals surface area contributed by atoms with E-state index in [1.54, 1.807) is 14.2 Å². The van der Waals surface area contributed by atoms with E-state index in [9.17, 15) is 14.7 Å². The first-order valence-corrected chi connectivity index (χ1v) is 9.90. The molecule has 0 saturated heterocycles. The molecule has 7 nitrogen and oxygen atoms in total. The molecule has 0 aliphatic carbocycles. The Morgan fingerprint density at radius 3 is 2.43 bits per heavy atom. The minimum Gasteiger partial charge on any atom is -0.493 e. The second-order valence-electron chi connectivity index (χ2n) is 7.59. The molecule has 2 aromatic carbocycles. The number of nitrogens with one attached hydrogen (secondary N) is 1. The second-order valence-corrected chi connectivity index (χ2v) is 7.59. The molecule has 0 unspecified atom stereocenters. The van der Waals surface area contributed by atoms with Gasteiger partial charge < -0.3 is 19.9 Å². The van der Waals surface area contributed by atoms with Gasteiger partial charge in [0.05, 0.1) is 27.2 Å². The Hall–Kier alpha value is -3.06. The fourth-order valence-electron chi connectivity index (χ4n) is 3.88. The van der Waals surface area contributed by atoms with Crippen LogP contribution in [-0.4, -0.2) is 49.2 Å². The number of amides is 1. The molecule has 0 saturated carbocycles. The van der Waals surface area contributed by atoms with Gasteiger partial charge in [0.2, 0.25) is 5.91 Å². The number of carboxylic acids is 1. The number of hydrogen-bond donors (Lipinski definition) is 2. The molecule has 0 radical (unpaired) electrons. The molecule has 30 heavy (non-hydrogen) atoms. The zero-order chi connectivity index (χ0) is 21.8. The minimum absolute atomic E-state index is 0.0978. The topological polar surface area (TPSA) is 88.1 Å². The maximum Gasteiger partial charge on any atom is 0.305 e. The lowest BCUT2D eigenvalue weighted by Crippen LogP contribution is -2.41. The van der Waals surface area contributed by atoms with Gasteiger partial charge in [-0.25, -0.2) is 0 Å². The van der Waals surface area contributed by atoms with Crippen molar-refractivity contribution in [1.82, 2.24) is 4.90 Å². The molecule has 1 atom stereocenters. The minimum atomic E-state index is -0.915. The van der Waals surface area contributed by atoms with Crippen molar-refractivity contribution < 1.29 is 24.2 Å². The number of hydrogen-bond acceptors (Lipinski definition) is 5. The van der Waals surface area contributed by atoms with E-state index in [1.165, 1.54) is 0 Å². The quantitative estimate of drug-likeness (QED) is 0.725. The molecule has 1 amide bonds. The number of fused-ring (bicyclic) bond motifs is 1. The Morgan fingerprint density at radius 1 is 1.10 bits per heavy atom. The molecule has 1 aliphatic rings. The molecule has 2 N–H and O–H groups in total. The summed E-state index contributed by atoms with van der Waals surface area (Å²) in [5.41, 5.74) is 4.88. The van der Waals surface area contributed by atoms with E-state index in [0.29, 0.717) is 24.5 Å². The largest absolute Gasteiger partial charge is 0.493 e. The number of methoxy groups -OCH3 is 2. The molecule has 2 aromatic rings. The summed E-state index contributed by atoms with van der Waals surface area (Å²) in [5.74, 6) is 0.0825. The SMILES string of the molecule is COc1cc2c(cc1OC)[C@@H](CC(=O)O)N(CC(=O)Nc1ccc(C)c(C)c1)CC2. The maximum absolute atomic E-state index is 12.7. The molecular formula is C23H28N2O5. The average Bonchev–Trinajstić information content (AvgIpc) is 2.71. The van der Waals surface area contributed by atoms with Crippen LogP contribution < -0.4 is 14.8 Å². The molecule has 0 fully saturated rings. The molecule has 3 rings (SSSR count). The smallest absolute Gasteiger partial charge is 0.305 e. The Bertz CT molecular complexity index is 957. The predicted octanol–water partition coefficient (Wildman–Crippen LogP) is 3.33. The van der Waals surface area contributed by atoms with E-state index in [1.807, 2.05) is 49.1 Å². The van der Waals surface area contributed by atoms with E-state index in [2.05, 4.69) is 5.32 Å². The summed E-state index contributed by atoms with van der Waals surface area (Å²) < 4.78 is 10.8. The van der Waals surface area contributed by atoms with Crippen LogP contribution in [0.5, 0.6) is 11.5 Å². The molecular weight excluding hydrogens is 384 g/mol. The predicted molar refractivity (Wildman–Crippen MR) is 114 cm³/mol. The van der Waals surface area contributed by atoms with Crippen molar-refractivity contribution in [2.45, 2.75) is 32.7 Å².